The summed E-state index contributed by atoms with van der Waals surface area (Å²) in [5, 5.41) is 3.45. The second kappa shape index (κ2) is 5.23. The van der Waals surface area contributed by atoms with Gasteiger partial charge in [-0.15, -0.1) is 0 Å². The number of fused-ring (bicyclic) bond motifs is 1. The lowest BCUT2D eigenvalue weighted by Gasteiger charge is -2.26. The van der Waals surface area contributed by atoms with E-state index in [1.165, 1.54) is 11.1 Å². The van der Waals surface area contributed by atoms with Crippen molar-refractivity contribution in [2.75, 3.05) is 13.2 Å². The Morgan fingerprint density at radius 3 is 2.67 bits per heavy atom. The highest BCUT2D eigenvalue weighted by Crippen LogP contribution is 2.24. The van der Waals surface area contributed by atoms with Crippen LogP contribution in [0.1, 0.15) is 17.0 Å². The zero-order valence-electron chi connectivity index (χ0n) is 10.3. The number of nitrogens with one attached hydrogen (secondary N) is 1. The Kier molecular flexibility index (Phi) is 3.29. The molecule has 0 bridgehead atoms. The Balaban J connectivity index is 1.71. The van der Waals surface area contributed by atoms with Gasteiger partial charge in [0.1, 0.15) is 5.75 Å². The summed E-state index contributed by atoms with van der Waals surface area (Å²) in [5.41, 5.74) is 2.82. The van der Waals surface area contributed by atoms with Crippen LogP contribution in [0.5, 0.6) is 5.75 Å². The van der Waals surface area contributed by atoms with Gasteiger partial charge in [0.15, 0.2) is 0 Å². The van der Waals surface area contributed by atoms with Gasteiger partial charge in [-0.05, 0) is 23.3 Å². The number of rotatable bonds is 3. The molecule has 18 heavy (non-hydrogen) atoms. The molecule has 0 fully saturated rings. The van der Waals surface area contributed by atoms with E-state index in [0.717, 1.165) is 25.4 Å². The topological polar surface area (TPSA) is 21.3 Å². The minimum atomic E-state index is 0.440. The summed E-state index contributed by atoms with van der Waals surface area (Å²) in [5.74, 6) is 1.38. The molecule has 2 heteroatoms. The van der Waals surface area contributed by atoms with Gasteiger partial charge in [-0.1, -0.05) is 42.5 Å². The number of hydrogen-bond donors (Lipinski definition) is 1. The summed E-state index contributed by atoms with van der Waals surface area (Å²) in [4.78, 5) is 0. The molecule has 1 atom stereocenters. The Morgan fingerprint density at radius 2 is 1.78 bits per heavy atom. The Bertz CT molecular complexity index is 510. The lowest BCUT2D eigenvalue weighted by molar-refractivity contribution is 0.278. The van der Waals surface area contributed by atoms with Crippen LogP contribution in [0.25, 0.3) is 0 Å². The quantitative estimate of drug-likeness (QED) is 0.889. The van der Waals surface area contributed by atoms with E-state index in [-0.39, 0.29) is 0 Å². The first-order valence-electron chi connectivity index (χ1n) is 6.40. The van der Waals surface area contributed by atoms with Gasteiger partial charge in [0.2, 0.25) is 0 Å². The number of benzene rings is 2. The summed E-state index contributed by atoms with van der Waals surface area (Å²) in [6.07, 6.45) is 0. The van der Waals surface area contributed by atoms with Crippen molar-refractivity contribution in [1.29, 1.82) is 0 Å². The maximum Gasteiger partial charge on any atom is 0.119 e. The van der Waals surface area contributed by atoms with Crippen LogP contribution in [0.15, 0.2) is 54.6 Å². The molecule has 0 saturated heterocycles. The van der Waals surface area contributed by atoms with Crippen molar-refractivity contribution in [3.05, 3.63) is 65.7 Å². The van der Waals surface area contributed by atoms with E-state index < -0.39 is 0 Å². The average molecular weight is 239 g/mol. The Morgan fingerprint density at radius 1 is 1.00 bits per heavy atom. The third-order valence-electron chi connectivity index (χ3n) is 3.40. The van der Waals surface area contributed by atoms with E-state index in [9.17, 15) is 0 Å². The van der Waals surface area contributed by atoms with Crippen LogP contribution in [0.4, 0.5) is 0 Å². The second-order valence-electron chi connectivity index (χ2n) is 4.65. The molecule has 0 saturated carbocycles. The standard InChI is InChI=1S/C16H17NO/c1-2-7-15(8-3-1)18-12-14-11-17-10-13-6-4-5-9-16(13)14/h1-9,14,17H,10-12H2. The fraction of sp³-hybridized carbons (Fsp3) is 0.250. The van der Waals surface area contributed by atoms with Gasteiger partial charge in [-0.3, -0.25) is 0 Å². The average Bonchev–Trinajstić information content (AvgIpc) is 2.46. The first-order valence-corrected chi connectivity index (χ1v) is 6.40. The first-order chi connectivity index (χ1) is 8.93. The monoisotopic (exact) mass is 239 g/mol. The second-order valence-corrected chi connectivity index (χ2v) is 4.65. The SMILES string of the molecule is c1ccc(OCC2CNCc3ccccc32)cc1. The van der Waals surface area contributed by atoms with Gasteiger partial charge < -0.3 is 10.1 Å². The first kappa shape index (κ1) is 11.3. The fourth-order valence-electron chi connectivity index (χ4n) is 2.45. The van der Waals surface area contributed by atoms with Crippen molar-refractivity contribution in [1.82, 2.24) is 5.32 Å². The van der Waals surface area contributed by atoms with E-state index >= 15 is 0 Å². The molecule has 1 unspecified atom stereocenters. The maximum atomic E-state index is 5.86. The third kappa shape index (κ3) is 2.39. The molecule has 92 valence electrons. The Labute approximate surface area is 108 Å². The van der Waals surface area contributed by atoms with Crippen molar-refractivity contribution in [2.45, 2.75) is 12.5 Å². The summed E-state index contributed by atoms with van der Waals surface area (Å²) < 4.78 is 5.86. The number of ether oxygens (including phenoxy) is 1. The van der Waals surface area contributed by atoms with Crippen LogP contribution in [-0.4, -0.2) is 13.2 Å². The molecule has 0 radical (unpaired) electrons. The Hall–Kier alpha value is -1.80. The molecule has 0 aromatic heterocycles. The van der Waals surface area contributed by atoms with Gasteiger partial charge in [0.05, 0.1) is 6.61 Å². The third-order valence-corrected chi connectivity index (χ3v) is 3.40. The zero-order valence-corrected chi connectivity index (χ0v) is 10.3. The molecular formula is C16H17NO. The normalized spacial score (nSPS) is 18.1. The fourth-order valence-corrected chi connectivity index (χ4v) is 2.45. The molecule has 0 amide bonds. The van der Waals surface area contributed by atoms with E-state index in [2.05, 4.69) is 29.6 Å². The van der Waals surface area contributed by atoms with Gasteiger partial charge in [-0.25, -0.2) is 0 Å². The molecule has 1 N–H and O–H groups in total. The van der Waals surface area contributed by atoms with E-state index in [4.69, 9.17) is 4.74 Å². The largest absolute Gasteiger partial charge is 0.493 e. The maximum absolute atomic E-state index is 5.86. The summed E-state index contributed by atoms with van der Waals surface area (Å²) >= 11 is 0. The molecular weight excluding hydrogens is 222 g/mol. The van der Waals surface area contributed by atoms with E-state index in [1.54, 1.807) is 0 Å². The van der Waals surface area contributed by atoms with Gasteiger partial charge >= 0.3 is 0 Å². The van der Waals surface area contributed by atoms with Crippen LogP contribution < -0.4 is 10.1 Å². The van der Waals surface area contributed by atoms with Crippen molar-refractivity contribution in [3.63, 3.8) is 0 Å². The van der Waals surface area contributed by atoms with Crippen molar-refractivity contribution < 1.29 is 4.74 Å². The minimum Gasteiger partial charge on any atom is -0.493 e. The molecule has 2 aromatic carbocycles. The summed E-state index contributed by atoms with van der Waals surface area (Å²) in [7, 11) is 0. The van der Waals surface area contributed by atoms with Gasteiger partial charge in [-0.2, -0.15) is 0 Å². The van der Waals surface area contributed by atoms with Gasteiger partial charge in [0, 0.05) is 19.0 Å². The lowest BCUT2D eigenvalue weighted by atomic mass is 9.91. The van der Waals surface area contributed by atoms with Crippen molar-refractivity contribution in [2.24, 2.45) is 0 Å². The van der Waals surface area contributed by atoms with Crippen LogP contribution in [0.2, 0.25) is 0 Å². The highest BCUT2D eigenvalue weighted by Gasteiger charge is 2.19. The molecule has 1 heterocycles. The van der Waals surface area contributed by atoms with Crippen LogP contribution >= 0.6 is 0 Å². The predicted molar refractivity (Wildman–Crippen MR) is 72.8 cm³/mol. The molecule has 2 nitrogen and oxygen atoms in total. The summed E-state index contributed by atoms with van der Waals surface area (Å²) in [6.45, 7) is 2.69. The van der Waals surface area contributed by atoms with E-state index in [0.29, 0.717) is 5.92 Å². The van der Waals surface area contributed by atoms with Crippen LogP contribution in [0.3, 0.4) is 0 Å². The number of para-hydroxylation sites is 1. The minimum absolute atomic E-state index is 0.440. The highest BCUT2D eigenvalue weighted by atomic mass is 16.5. The van der Waals surface area contributed by atoms with Crippen LogP contribution in [0, 0.1) is 0 Å². The number of hydrogen-bond acceptors (Lipinski definition) is 2. The lowest BCUT2D eigenvalue weighted by Crippen LogP contribution is -2.31. The molecule has 3 rings (SSSR count). The predicted octanol–water partition coefficient (Wildman–Crippen LogP) is 2.95. The molecule has 0 spiro atoms. The molecule has 1 aliphatic rings. The zero-order chi connectivity index (χ0) is 12.2. The molecule has 1 aliphatic heterocycles. The highest BCUT2D eigenvalue weighted by molar-refractivity contribution is 5.33. The molecule has 2 aromatic rings. The molecule has 0 aliphatic carbocycles. The van der Waals surface area contributed by atoms with Crippen molar-refractivity contribution in [3.8, 4) is 5.75 Å². The summed E-state index contributed by atoms with van der Waals surface area (Å²) in [6, 6.07) is 18.6. The van der Waals surface area contributed by atoms with E-state index in [1.807, 2.05) is 30.3 Å². The van der Waals surface area contributed by atoms with Crippen LogP contribution in [-0.2, 0) is 6.54 Å². The van der Waals surface area contributed by atoms with Gasteiger partial charge in [0.25, 0.3) is 0 Å². The smallest absolute Gasteiger partial charge is 0.119 e. The van der Waals surface area contributed by atoms with Crippen molar-refractivity contribution >= 4 is 0 Å².